The molecule has 35 heavy (non-hydrogen) atoms. The summed E-state index contributed by atoms with van der Waals surface area (Å²) < 4.78 is 14.6. The molecule has 0 radical (unpaired) electrons. The minimum absolute atomic E-state index is 0.0237. The third kappa shape index (κ3) is 3.28. The van der Waals surface area contributed by atoms with Gasteiger partial charge in [-0.25, -0.2) is 14.4 Å². The van der Waals surface area contributed by atoms with Crippen LogP contribution in [0.4, 0.5) is 4.39 Å². The summed E-state index contributed by atoms with van der Waals surface area (Å²) in [6.45, 7) is 4.82. The molecule has 0 spiro atoms. The van der Waals surface area contributed by atoms with Crippen LogP contribution in [0, 0.1) is 34.5 Å². The number of fused-ring (bicyclic) bond motifs is 6. The number of carbonyl (C=O) groups excluding carboxylic acids is 2. The summed E-state index contributed by atoms with van der Waals surface area (Å²) in [5, 5.41) is 3.14. The SMILES string of the molecule is CN1C(=O)C(F)=C[C@]2(C)[C@H]3CC[C@]4(C)[C@@H](C(=O)NCc5nc6ncccc6[nH]5)CC[C@H]4[C@@H]3CC[C@@H]12. The number of aromatic amines is 1. The lowest BCUT2D eigenvalue weighted by Gasteiger charge is -2.60. The Morgan fingerprint density at radius 3 is 2.86 bits per heavy atom. The maximum Gasteiger partial charge on any atom is 0.282 e. The van der Waals surface area contributed by atoms with Crippen LogP contribution in [0.5, 0.6) is 0 Å². The van der Waals surface area contributed by atoms with E-state index in [0.29, 0.717) is 35.8 Å². The second kappa shape index (κ2) is 7.87. The number of hydrogen-bond donors (Lipinski definition) is 2. The van der Waals surface area contributed by atoms with Crippen molar-refractivity contribution in [1.29, 1.82) is 0 Å². The highest BCUT2D eigenvalue weighted by Crippen LogP contribution is 2.65. The zero-order valence-corrected chi connectivity index (χ0v) is 20.7. The molecule has 1 aliphatic heterocycles. The first-order chi connectivity index (χ1) is 16.7. The highest BCUT2D eigenvalue weighted by molar-refractivity contribution is 5.92. The van der Waals surface area contributed by atoms with Crippen molar-refractivity contribution in [3.8, 4) is 0 Å². The number of carbonyl (C=O) groups is 2. The lowest BCUT2D eigenvalue weighted by molar-refractivity contribution is -0.145. The van der Waals surface area contributed by atoms with Gasteiger partial charge in [0.1, 0.15) is 5.82 Å². The predicted molar refractivity (Wildman–Crippen MR) is 129 cm³/mol. The summed E-state index contributed by atoms with van der Waals surface area (Å²) in [7, 11) is 1.75. The van der Waals surface area contributed by atoms with E-state index in [0.717, 1.165) is 44.0 Å². The summed E-state index contributed by atoms with van der Waals surface area (Å²) in [6, 6.07) is 3.84. The highest BCUT2D eigenvalue weighted by atomic mass is 19.1. The van der Waals surface area contributed by atoms with E-state index in [1.807, 2.05) is 12.1 Å². The van der Waals surface area contributed by atoms with Crippen molar-refractivity contribution in [3.63, 3.8) is 0 Å². The van der Waals surface area contributed by atoms with Gasteiger partial charge >= 0.3 is 0 Å². The zero-order chi connectivity index (χ0) is 24.5. The van der Waals surface area contributed by atoms with Gasteiger partial charge < -0.3 is 15.2 Å². The standard InChI is InChI=1S/C27H34FN5O2/c1-26-11-10-17-15(6-9-21-27(17,2)13-19(28)25(35)33(21)3)16(26)7-8-18(26)24(34)30-14-22-31-20-5-4-12-29-23(20)32-22/h4-5,12-13,15-18,21H,6-11,14H2,1-3H3,(H,30,34)(H,29,31,32)/t15-,16-,17-,18+,21+,26-,27+/m0/s1. The van der Waals surface area contributed by atoms with Crippen LogP contribution >= 0.6 is 0 Å². The molecule has 4 aliphatic rings. The van der Waals surface area contributed by atoms with Gasteiger partial charge in [0.15, 0.2) is 11.5 Å². The molecule has 2 aromatic rings. The molecule has 0 aromatic carbocycles. The largest absolute Gasteiger partial charge is 0.349 e. The number of halogens is 1. The monoisotopic (exact) mass is 479 g/mol. The van der Waals surface area contributed by atoms with Crippen molar-refractivity contribution in [2.45, 2.75) is 65.0 Å². The van der Waals surface area contributed by atoms with Crippen LogP contribution in [0.1, 0.15) is 58.2 Å². The van der Waals surface area contributed by atoms with Crippen LogP contribution in [0.25, 0.3) is 11.2 Å². The van der Waals surface area contributed by atoms with E-state index in [2.05, 4.69) is 34.1 Å². The minimum atomic E-state index is -0.607. The van der Waals surface area contributed by atoms with E-state index in [1.54, 1.807) is 24.2 Å². The molecule has 0 saturated heterocycles. The van der Waals surface area contributed by atoms with Crippen LogP contribution in [0.3, 0.4) is 0 Å². The number of H-pyrrole nitrogens is 1. The number of aromatic nitrogens is 3. The number of pyridine rings is 1. The first-order valence-corrected chi connectivity index (χ1v) is 12.9. The molecule has 2 aromatic heterocycles. The number of imidazole rings is 1. The van der Waals surface area contributed by atoms with Gasteiger partial charge in [-0.05, 0) is 79.9 Å². The summed E-state index contributed by atoms with van der Waals surface area (Å²) in [5.74, 6) is 0.954. The molecule has 2 amide bonds. The van der Waals surface area contributed by atoms with Crippen molar-refractivity contribution in [3.05, 3.63) is 36.1 Å². The van der Waals surface area contributed by atoms with Crippen LogP contribution in [0.2, 0.25) is 0 Å². The van der Waals surface area contributed by atoms with Crippen LogP contribution in [-0.4, -0.2) is 44.8 Å². The van der Waals surface area contributed by atoms with E-state index >= 15 is 0 Å². The van der Waals surface area contributed by atoms with Crippen molar-refractivity contribution < 1.29 is 14.0 Å². The number of amides is 2. The minimum Gasteiger partial charge on any atom is -0.349 e. The van der Waals surface area contributed by atoms with Gasteiger partial charge in [-0.15, -0.1) is 0 Å². The van der Waals surface area contributed by atoms with Crippen LogP contribution in [0.15, 0.2) is 30.2 Å². The number of nitrogens with one attached hydrogen (secondary N) is 2. The molecule has 0 unspecified atom stereocenters. The molecule has 7 nitrogen and oxygen atoms in total. The molecule has 3 heterocycles. The Kier molecular flexibility index (Phi) is 5.10. The Balaban J connectivity index is 1.19. The Morgan fingerprint density at radius 2 is 2.06 bits per heavy atom. The number of hydrogen-bond acceptors (Lipinski definition) is 4. The molecule has 3 aliphatic carbocycles. The topological polar surface area (TPSA) is 91.0 Å². The fourth-order valence-electron chi connectivity index (χ4n) is 8.53. The van der Waals surface area contributed by atoms with Gasteiger partial charge in [0.25, 0.3) is 5.91 Å². The first-order valence-electron chi connectivity index (χ1n) is 12.9. The van der Waals surface area contributed by atoms with Crippen molar-refractivity contribution >= 4 is 23.0 Å². The Hall–Kier alpha value is -2.77. The molecule has 8 heteroatoms. The molecule has 3 fully saturated rings. The van der Waals surface area contributed by atoms with Gasteiger partial charge in [-0.2, -0.15) is 0 Å². The molecule has 6 rings (SSSR count). The number of rotatable bonds is 3. The fourth-order valence-corrected chi connectivity index (χ4v) is 8.53. The summed E-state index contributed by atoms with van der Waals surface area (Å²) in [5.41, 5.74) is 1.13. The lowest BCUT2D eigenvalue weighted by Crippen LogP contribution is -2.60. The maximum atomic E-state index is 14.6. The average molecular weight is 480 g/mol. The first kappa shape index (κ1) is 22.7. The Morgan fingerprint density at radius 1 is 1.23 bits per heavy atom. The third-order valence-electron chi connectivity index (χ3n) is 10.2. The molecule has 2 N–H and O–H groups in total. The van der Waals surface area contributed by atoms with E-state index in [9.17, 15) is 14.0 Å². The number of likely N-dealkylation sites (N-methyl/N-ethyl adjacent to an activating group) is 1. The van der Waals surface area contributed by atoms with Gasteiger partial charge in [0.05, 0.1) is 12.1 Å². The summed E-state index contributed by atoms with van der Waals surface area (Å²) >= 11 is 0. The molecule has 186 valence electrons. The van der Waals surface area contributed by atoms with Gasteiger partial charge in [0.2, 0.25) is 5.91 Å². The molecule has 0 bridgehead atoms. The lowest BCUT2D eigenvalue weighted by atomic mass is 9.47. The quantitative estimate of drug-likeness (QED) is 0.693. The van der Waals surface area contributed by atoms with Gasteiger partial charge in [-0.1, -0.05) is 13.8 Å². The maximum absolute atomic E-state index is 14.6. The average Bonchev–Trinajstić information content (AvgIpc) is 3.41. The van der Waals surface area contributed by atoms with Crippen molar-refractivity contribution in [1.82, 2.24) is 25.2 Å². The number of nitrogens with zero attached hydrogens (tertiary/aromatic N) is 3. The van der Waals surface area contributed by atoms with E-state index in [4.69, 9.17) is 0 Å². The highest BCUT2D eigenvalue weighted by Gasteiger charge is 2.62. The third-order valence-corrected chi connectivity index (χ3v) is 10.2. The van der Waals surface area contributed by atoms with E-state index in [-0.39, 0.29) is 28.7 Å². The van der Waals surface area contributed by atoms with Crippen LogP contribution in [-0.2, 0) is 16.1 Å². The smallest absolute Gasteiger partial charge is 0.282 e. The van der Waals surface area contributed by atoms with Gasteiger partial charge in [-0.3, -0.25) is 9.59 Å². The summed E-state index contributed by atoms with van der Waals surface area (Å²) in [4.78, 5) is 39.3. The van der Waals surface area contributed by atoms with Crippen molar-refractivity contribution in [2.75, 3.05) is 7.05 Å². The Labute approximate surface area is 205 Å². The van der Waals surface area contributed by atoms with Crippen LogP contribution < -0.4 is 5.32 Å². The Bertz CT molecular complexity index is 1190. The zero-order valence-electron chi connectivity index (χ0n) is 20.7. The molecular formula is C27H34FN5O2. The second-order valence-electron chi connectivity index (χ2n) is 11.7. The summed E-state index contributed by atoms with van der Waals surface area (Å²) in [6.07, 6.45) is 9.14. The second-order valence-corrected chi connectivity index (χ2v) is 11.7. The normalized spacial score (nSPS) is 38.5. The van der Waals surface area contributed by atoms with Gasteiger partial charge in [0, 0.05) is 30.6 Å². The molecule has 3 saturated carbocycles. The van der Waals surface area contributed by atoms with E-state index in [1.165, 1.54) is 0 Å². The molecular weight excluding hydrogens is 445 g/mol. The molecule has 7 atom stereocenters. The fraction of sp³-hybridized carbons (Fsp3) is 0.630. The van der Waals surface area contributed by atoms with E-state index < -0.39 is 11.7 Å². The predicted octanol–water partition coefficient (Wildman–Crippen LogP) is 4.13. The van der Waals surface area contributed by atoms with Crippen molar-refractivity contribution in [2.24, 2.45) is 34.5 Å².